The number of anilines is 2. The van der Waals surface area contributed by atoms with E-state index in [2.05, 4.69) is 20.2 Å². The molecule has 0 unspecified atom stereocenters. The predicted molar refractivity (Wildman–Crippen MR) is 107 cm³/mol. The van der Waals surface area contributed by atoms with Crippen molar-refractivity contribution >= 4 is 11.6 Å². The molecule has 2 heterocycles. The number of methoxy groups -OCH3 is 2. The van der Waals surface area contributed by atoms with Crippen molar-refractivity contribution < 1.29 is 36.5 Å². The van der Waals surface area contributed by atoms with Gasteiger partial charge in [-0.25, -0.2) is 9.37 Å². The average molecular weight is 460 g/mol. The van der Waals surface area contributed by atoms with Crippen LogP contribution in [0.4, 0.5) is 29.2 Å². The topological polar surface area (TPSA) is 78.0 Å². The van der Waals surface area contributed by atoms with Crippen LogP contribution in [0.5, 0.6) is 11.6 Å². The normalized spacial score (nSPS) is 14.9. The molecule has 0 amide bonds. The Balaban J connectivity index is 1.83. The number of benzene rings is 1. The molecule has 32 heavy (non-hydrogen) atoms. The van der Waals surface area contributed by atoms with Gasteiger partial charge in [0.15, 0.2) is 0 Å². The Bertz CT molecular complexity index is 908. The fourth-order valence-corrected chi connectivity index (χ4v) is 3.06. The van der Waals surface area contributed by atoms with Crippen molar-refractivity contribution in [1.29, 1.82) is 0 Å². The minimum atomic E-state index is -4.70. The van der Waals surface area contributed by atoms with E-state index in [0.29, 0.717) is 50.4 Å². The Morgan fingerprint density at radius 3 is 2.56 bits per heavy atom. The molecule has 1 N–H and O–H groups in total. The molecule has 0 atom stereocenters. The van der Waals surface area contributed by atoms with Gasteiger partial charge in [0.1, 0.15) is 23.7 Å². The van der Waals surface area contributed by atoms with Crippen LogP contribution in [0.25, 0.3) is 0 Å². The number of halogens is 4. The van der Waals surface area contributed by atoms with Crippen LogP contribution in [0, 0.1) is 5.82 Å². The molecule has 3 rings (SSSR count). The summed E-state index contributed by atoms with van der Waals surface area (Å²) >= 11 is 0. The van der Waals surface area contributed by atoms with Crippen LogP contribution in [0.1, 0.15) is 11.1 Å². The van der Waals surface area contributed by atoms with E-state index in [-0.39, 0.29) is 24.8 Å². The lowest BCUT2D eigenvalue weighted by Crippen LogP contribution is -2.35. The lowest BCUT2D eigenvalue weighted by Gasteiger charge is -2.27. The van der Waals surface area contributed by atoms with E-state index in [1.54, 1.807) is 0 Å². The van der Waals surface area contributed by atoms with E-state index < -0.39 is 23.4 Å². The van der Waals surface area contributed by atoms with Gasteiger partial charge >= 0.3 is 6.18 Å². The molecule has 12 heteroatoms. The van der Waals surface area contributed by atoms with Crippen LogP contribution < -0.4 is 14.8 Å². The number of nitrogens with one attached hydrogen (secondary N) is 1. The summed E-state index contributed by atoms with van der Waals surface area (Å²) in [5.41, 5.74) is -0.539. The van der Waals surface area contributed by atoms with Crippen molar-refractivity contribution in [1.82, 2.24) is 14.9 Å². The SMILES string of the molecule is COCCOc1nc(Nc2cc(F)c(CN3CCOCC3)cc2OC)ncc1C(F)(F)F. The first kappa shape index (κ1) is 24.0. The van der Waals surface area contributed by atoms with Crippen molar-refractivity contribution in [3.63, 3.8) is 0 Å². The molecule has 1 fully saturated rings. The fourth-order valence-electron chi connectivity index (χ4n) is 3.06. The van der Waals surface area contributed by atoms with E-state index in [0.717, 1.165) is 0 Å². The second-order valence-corrected chi connectivity index (χ2v) is 6.91. The minimum absolute atomic E-state index is 0.0771. The molecule has 2 aromatic rings. The third-order valence-electron chi connectivity index (χ3n) is 4.70. The molecule has 1 aliphatic rings. The van der Waals surface area contributed by atoms with E-state index >= 15 is 0 Å². The van der Waals surface area contributed by atoms with Gasteiger partial charge in [-0.05, 0) is 6.07 Å². The zero-order valence-electron chi connectivity index (χ0n) is 17.7. The molecule has 0 bridgehead atoms. The standard InChI is InChI=1S/C20H24F4N4O4/c1-29-7-8-32-18-14(20(22,23)24)11-25-19(27-18)26-16-10-15(21)13(9-17(16)30-2)12-28-3-5-31-6-4-28/h9-11H,3-8,12H2,1-2H3,(H,25,26,27). The van der Waals surface area contributed by atoms with Crippen LogP contribution in [0.15, 0.2) is 18.3 Å². The monoisotopic (exact) mass is 460 g/mol. The Hall–Kier alpha value is -2.70. The van der Waals surface area contributed by atoms with Gasteiger partial charge in [-0.3, -0.25) is 4.90 Å². The highest BCUT2D eigenvalue weighted by atomic mass is 19.4. The van der Waals surface area contributed by atoms with E-state index in [9.17, 15) is 17.6 Å². The van der Waals surface area contributed by atoms with Crippen LogP contribution in [0.2, 0.25) is 0 Å². The van der Waals surface area contributed by atoms with Crippen LogP contribution in [0.3, 0.4) is 0 Å². The van der Waals surface area contributed by atoms with Crippen LogP contribution in [-0.4, -0.2) is 68.6 Å². The largest absolute Gasteiger partial charge is 0.495 e. The molecule has 0 radical (unpaired) electrons. The Morgan fingerprint density at radius 1 is 1.16 bits per heavy atom. The van der Waals surface area contributed by atoms with Crippen LogP contribution in [-0.2, 0) is 22.2 Å². The quantitative estimate of drug-likeness (QED) is 0.452. The Morgan fingerprint density at radius 2 is 1.91 bits per heavy atom. The number of aromatic nitrogens is 2. The molecule has 1 aromatic heterocycles. The van der Waals surface area contributed by atoms with Crippen molar-refractivity contribution in [3.8, 4) is 11.6 Å². The number of alkyl halides is 3. The Kier molecular flexibility index (Phi) is 8.04. The summed E-state index contributed by atoms with van der Waals surface area (Å²) in [6.07, 6.45) is -4.10. The van der Waals surface area contributed by atoms with Crippen molar-refractivity contribution in [2.24, 2.45) is 0 Å². The van der Waals surface area contributed by atoms with Crippen molar-refractivity contribution in [2.45, 2.75) is 12.7 Å². The number of nitrogens with zero attached hydrogens (tertiary/aromatic N) is 3. The van der Waals surface area contributed by atoms with Gasteiger partial charge < -0.3 is 24.3 Å². The van der Waals surface area contributed by atoms with E-state index in [1.165, 1.54) is 26.4 Å². The number of rotatable bonds is 9. The van der Waals surface area contributed by atoms with Gasteiger partial charge in [-0.15, -0.1) is 0 Å². The number of hydrogen-bond acceptors (Lipinski definition) is 8. The second kappa shape index (κ2) is 10.7. The first-order valence-corrected chi connectivity index (χ1v) is 9.81. The zero-order valence-corrected chi connectivity index (χ0v) is 17.7. The number of ether oxygens (including phenoxy) is 4. The lowest BCUT2D eigenvalue weighted by atomic mass is 10.1. The maximum atomic E-state index is 14.7. The molecule has 1 aliphatic heterocycles. The molecule has 0 aliphatic carbocycles. The number of morpholine rings is 1. The fraction of sp³-hybridized carbons (Fsp3) is 0.500. The first-order valence-electron chi connectivity index (χ1n) is 9.81. The molecule has 1 aromatic carbocycles. The highest BCUT2D eigenvalue weighted by molar-refractivity contribution is 5.64. The molecule has 176 valence electrons. The summed E-state index contributed by atoms with van der Waals surface area (Å²) in [6.45, 7) is 2.86. The maximum Gasteiger partial charge on any atom is 0.423 e. The van der Waals surface area contributed by atoms with Gasteiger partial charge in [0.2, 0.25) is 11.8 Å². The second-order valence-electron chi connectivity index (χ2n) is 6.91. The van der Waals surface area contributed by atoms with Gasteiger partial charge in [0, 0.05) is 44.6 Å². The summed E-state index contributed by atoms with van der Waals surface area (Å²) in [6, 6.07) is 2.73. The molecule has 1 saturated heterocycles. The van der Waals surface area contributed by atoms with Crippen molar-refractivity contribution in [2.75, 3.05) is 59.1 Å². The molecular formula is C20H24F4N4O4. The van der Waals surface area contributed by atoms with E-state index in [1.807, 2.05) is 0 Å². The molecule has 0 saturated carbocycles. The Labute approximate surface area is 182 Å². The lowest BCUT2D eigenvalue weighted by molar-refractivity contribution is -0.139. The maximum absolute atomic E-state index is 14.7. The van der Waals surface area contributed by atoms with Gasteiger partial charge in [-0.2, -0.15) is 18.2 Å². The summed E-state index contributed by atoms with van der Waals surface area (Å²) in [5, 5.41) is 2.71. The third kappa shape index (κ3) is 6.17. The van der Waals surface area contributed by atoms with Gasteiger partial charge in [0.05, 0.1) is 32.6 Å². The van der Waals surface area contributed by atoms with Gasteiger partial charge in [0.25, 0.3) is 0 Å². The van der Waals surface area contributed by atoms with E-state index in [4.69, 9.17) is 18.9 Å². The minimum Gasteiger partial charge on any atom is -0.495 e. The summed E-state index contributed by atoms with van der Waals surface area (Å²) in [4.78, 5) is 9.56. The average Bonchev–Trinajstić information content (AvgIpc) is 2.76. The first-order chi connectivity index (χ1) is 15.3. The molecule has 0 spiro atoms. The zero-order chi connectivity index (χ0) is 23.1. The smallest absolute Gasteiger partial charge is 0.423 e. The third-order valence-corrected chi connectivity index (χ3v) is 4.70. The molecule has 8 nitrogen and oxygen atoms in total. The predicted octanol–water partition coefficient (Wildman–Crippen LogP) is 3.24. The summed E-state index contributed by atoms with van der Waals surface area (Å²) in [5.74, 6) is -1.07. The highest BCUT2D eigenvalue weighted by Crippen LogP contribution is 2.36. The summed E-state index contributed by atoms with van der Waals surface area (Å²) in [7, 11) is 2.80. The summed E-state index contributed by atoms with van der Waals surface area (Å²) < 4.78 is 75.0. The van der Waals surface area contributed by atoms with Gasteiger partial charge in [-0.1, -0.05) is 0 Å². The molecular weight excluding hydrogens is 436 g/mol. The highest BCUT2D eigenvalue weighted by Gasteiger charge is 2.36. The van der Waals surface area contributed by atoms with Crippen molar-refractivity contribution in [3.05, 3.63) is 35.3 Å². The van der Waals surface area contributed by atoms with Crippen LogP contribution >= 0.6 is 0 Å². The number of hydrogen-bond donors (Lipinski definition) is 1.